The molecule has 0 aliphatic heterocycles. The number of rotatable bonds is 5. The molecule has 0 saturated heterocycles. The summed E-state index contributed by atoms with van der Waals surface area (Å²) in [6.07, 6.45) is 3.07. The molecule has 100 valence electrons. The fourth-order valence-corrected chi connectivity index (χ4v) is 1.93. The SMILES string of the molecule is C=CC(=O)NC(C)Cn1ncc2ccc(OC)cc21. The number of benzene rings is 1. The molecule has 5 heteroatoms. The van der Waals surface area contributed by atoms with Crippen molar-refractivity contribution in [3.63, 3.8) is 0 Å². The van der Waals surface area contributed by atoms with Crippen LogP contribution >= 0.6 is 0 Å². The van der Waals surface area contributed by atoms with E-state index in [0.717, 1.165) is 16.7 Å². The van der Waals surface area contributed by atoms with Gasteiger partial charge in [-0.15, -0.1) is 0 Å². The first-order valence-electron chi connectivity index (χ1n) is 6.06. The molecule has 5 nitrogen and oxygen atoms in total. The Kier molecular flexibility index (Phi) is 3.85. The lowest BCUT2D eigenvalue weighted by Gasteiger charge is -2.13. The number of nitrogens with one attached hydrogen (secondary N) is 1. The smallest absolute Gasteiger partial charge is 0.243 e. The summed E-state index contributed by atoms with van der Waals surface area (Å²) in [7, 11) is 1.63. The van der Waals surface area contributed by atoms with Crippen LogP contribution in [0.2, 0.25) is 0 Å². The molecule has 1 amide bonds. The quantitative estimate of drug-likeness (QED) is 0.832. The first-order valence-corrected chi connectivity index (χ1v) is 6.06. The molecule has 19 heavy (non-hydrogen) atoms. The molecule has 0 saturated carbocycles. The van der Waals surface area contributed by atoms with Gasteiger partial charge in [-0.2, -0.15) is 5.10 Å². The van der Waals surface area contributed by atoms with E-state index in [0.29, 0.717) is 6.54 Å². The van der Waals surface area contributed by atoms with E-state index in [1.54, 1.807) is 13.3 Å². The molecule has 2 rings (SSSR count). The summed E-state index contributed by atoms with van der Waals surface area (Å²) in [5.41, 5.74) is 0.985. The largest absolute Gasteiger partial charge is 0.497 e. The van der Waals surface area contributed by atoms with Crippen LogP contribution in [0.25, 0.3) is 10.9 Å². The van der Waals surface area contributed by atoms with Crippen LogP contribution in [0.1, 0.15) is 6.92 Å². The second-order valence-corrected chi connectivity index (χ2v) is 4.37. The normalized spacial score (nSPS) is 12.1. The fraction of sp³-hybridized carbons (Fsp3) is 0.286. The van der Waals surface area contributed by atoms with Gasteiger partial charge in [-0.25, -0.2) is 0 Å². The first kappa shape index (κ1) is 13.1. The van der Waals surface area contributed by atoms with E-state index in [2.05, 4.69) is 17.0 Å². The molecule has 2 aromatic rings. The molecule has 1 aromatic carbocycles. The Morgan fingerprint density at radius 2 is 2.42 bits per heavy atom. The Bertz CT molecular complexity index is 604. The van der Waals surface area contributed by atoms with Crippen molar-refractivity contribution in [2.24, 2.45) is 0 Å². The van der Waals surface area contributed by atoms with Crippen LogP contribution in [0.4, 0.5) is 0 Å². The van der Waals surface area contributed by atoms with Crippen molar-refractivity contribution in [3.05, 3.63) is 37.1 Å². The second kappa shape index (κ2) is 5.56. The van der Waals surface area contributed by atoms with Crippen molar-refractivity contribution >= 4 is 16.8 Å². The van der Waals surface area contributed by atoms with Crippen LogP contribution < -0.4 is 10.1 Å². The zero-order chi connectivity index (χ0) is 13.8. The highest BCUT2D eigenvalue weighted by atomic mass is 16.5. The van der Waals surface area contributed by atoms with E-state index in [4.69, 9.17) is 4.74 Å². The number of hydrogen-bond donors (Lipinski definition) is 1. The predicted octanol–water partition coefficient (Wildman–Crippen LogP) is 1.74. The number of methoxy groups -OCH3 is 1. The standard InChI is InChI=1S/C14H17N3O2/c1-4-14(18)16-10(2)9-17-13-7-12(19-3)6-5-11(13)8-15-17/h4-8,10H,1,9H2,2-3H3,(H,16,18). The molecule has 0 radical (unpaired) electrons. The van der Waals surface area contributed by atoms with Gasteiger partial charge in [0.1, 0.15) is 5.75 Å². The fourth-order valence-electron chi connectivity index (χ4n) is 1.93. The summed E-state index contributed by atoms with van der Waals surface area (Å²) in [6.45, 7) is 5.95. The van der Waals surface area contributed by atoms with Crippen molar-refractivity contribution in [3.8, 4) is 5.75 Å². The van der Waals surface area contributed by atoms with Gasteiger partial charge in [0.15, 0.2) is 0 Å². The summed E-state index contributed by atoms with van der Waals surface area (Å²) >= 11 is 0. The third kappa shape index (κ3) is 2.93. The zero-order valence-electron chi connectivity index (χ0n) is 11.1. The van der Waals surface area contributed by atoms with Gasteiger partial charge in [-0.05, 0) is 25.1 Å². The Morgan fingerprint density at radius 1 is 1.63 bits per heavy atom. The van der Waals surface area contributed by atoms with E-state index in [-0.39, 0.29) is 11.9 Å². The predicted molar refractivity (Wildman–Crippen MR) is 74.1 cm³/mol. The number of carbonyl (C=O) groups is 1. The van der Waals surface area contributed by atoms with Crippen molar-refractivity contribution in [2.75, 3.05) is 7.11 Å². The highest BCUT2D eigenvalue weighted by Crippen LogP contribution is 2.20. The Morgan fingerprint density at radius 3 is 3.11 bits per heavy atom. The number of carbonyl (C=O) groups excluding carboxylic acids is 1. The average molecular weight is 259 g/mol. The van der Waals surface area contributed by atoms with Crippen molar-refractivity contribution in [2.45, 2.75) is 19.5 Å². The summed E-state index contributed by atoms with van der Waals surface area (Å²) in [5.74, 6) is 0.610. The van der Waals surface area contributed by atoms with Crippen molar-refractivity contribution in [1.29, 1.82) is 0 Å². The molecule has 1 heterocycles. The minimum Gasteiger partial charge on any atom is -0.497 e. The van der Waals surface area contributed by atoms with Gasteiger partial charge in [0.05, 0.1) is 25.4 Å². The molecule has 1 aromatic heterocycles. The molecule has 1 N–H and O–H groups in total. The number of ether oxygens (including phenoxy) is 1. The number of nitrogens with zero attached hydrogens (tertiary/aromatic N) is 2. The number of fused-ring (bicyclic) bond motifs is 1. The maximum atomic E-state index is 11.2. The number of amides is 1. The third-order valence-electron chi connectivity index (χ3n) is 2.87. The molecule has 0 bridgehead atoms. The highest BCUT2D eigenvalue weighted by Gasteiger charge is 2.09. The minimum absolute atomic E-state index is 0.0280. The number of aromatic nitrogens is 2. The highest BCUT2D eigenvalue weighted by molar-refractivity contribution is 5.87. The summed E-state index contributed by atoms with van der Waals surface area (Å²) < 4.78 is 7.06. The van der Waals surface area contributed by atoms with Crippen LogP contribution in [0.3, 0.4) is 0 Å². The van der Waals surface area contributed by atoms with Gasteiger partial charge in [0, 0.05) is 17.5 Å². The summed E-state index contributed by atoms with van der Waals surface area (Å²) in [4.78, 5) is 11.2. The monoisotopic (exact) mass is 259 g/mol. The average Bonchev–Trinajstić information content (AvgIpc) is 2.80. The van der Waals surface area contributed by atoms with Gasteiger partial charge in [-0.3, -0.25) is 9.48 Å². The van der Waals surface area contributed by atoms with Crippen LogP contribution in [0.5, 0.6) is 5.75 Å². The molecule has 1 unspecified atom stereocenters. The molecular weight excluding hydrogens is 242 g/mol. The van der Waals surface area contributed by atoms with E-state index < -0.39 is 0 Å². The lowest BCUT2D eigenvalue weighted by atomic mass is 10.2. The van der Waals surface area contributed by atoms with Crippen molar-refractivity contribution in [1.82, 2.24) is 15.1 Å². The maximum Gasteiger partial charge on any atom is 0.243 e. The molecule has 1 atom stereocenters. The van der Waals surface area contributed by atoms with Crippen LogP contribution in [0, 0.1) is 0 Å². The van der Waals surface area contributed by atoms with E-state index in [1.807, 2.05) is 29.8 Å². The Balaban J connectivity index is 2.20. The molecule has 0 spiro atoms. The minimum atomic E-state index is -0.179. The van der Waals surface area contributed by atoms with E-state index >= 15 is 0 Å². The van der Waals surface area contributed by atoms with Crippen molar-refractivity contribution < 1.29 is 9.53 Å². The van der Waals surface area contributed by atoms with Gasteiger partial charge in [-0.1, -0.05) is 6.58 Å². The van der Waals surface area contributed by atoms with Crippen LogP contribution in [-0.4, -0.2) is 28.8 Å². The van der Waals surface area contributed by atoms with Gasteiger partial charge < -0.3 is 10.1 Å². The van der Waals surface area contributed by atoms with Gasteiger partial charge in [0.25, 0.3) is 0 Å². The number of hydrogen-bond acceptors (Lipinski definition) is 3. The Hall–Kier alpha value is -2.30. The van der Waals surface area contributed by atoms with E-state index in [1.165, 1.54) is 6.08 Å². The van der Waals surface area contributed by atoms with Crippen LogP contribution in [-0.2, 0) is 11.3 Å². The maximum absolute atomic E-state index is 11.2. The van der Waals surface area contributed by atoms with Crippen LogP contribution in [0.15, 0.2) is 37.1 Å². The van der Waals surface area contributed by atoms with Gasteiger partial charge >= 0.3 is 0 Å². The molecular formula is C14H17N3O2. The second-order valence-electron chi connectivity index (χ2n) is 4.37. The summed E-state index contributed by atoms with van der Waals surface area (Å²) in [5, 5.41) is 8.18. The summed E-state index contributed by atoms with van der Waals surface area (Å²) in [6, 6.07) is 5.77. The molecule has 0 aliphatic carbocycles. The Labute approximate surface area is 111 Å². The zero-order valence-corrected chi connectivity index (χ0v) is 11.1. The topological polar surface area (TPSA) is 56.2 Å². The first-order chi connectivity index (χ1) is 9.13. The van der Waals surface area contributed by atoms with E-state index in [9.17, 15) is 4.79 Å². The lowest BCUT2D eigenvalue weighted by molar-refractivity contribution is -0.117. The third-order valence-corrected chi connectivity index (χ3v) is 2.87. The molecule has 0 aliphatic rings. The molecule has 0 fully saturated rings. The van der Waals surface area contributed by atoms with Gasteiger partial charge in [0.2, 0.25) is 5.91 Å². The lowest BCUT2D eigenvalue weighted by Crippen LogP contribution is -2.34.